The van der Waals surface area contributed by atoms with Crippen LogP contribution in [0.3, 0.4) is 0 Å². The van der Waals surface area contributed by atoms with Crippen molar-refractivity contribution in [3.63, 3.8) is 0 Å². The number of allylic oxidation sites excluding steroid dienone is 3. The summed E-state index contributed by atoms with van der Waals surface area (Å²) < 4.78 is 3.93. The standard InChI is InChI=1S/3C3H5.Sb/c3*1-3-2;/h3*1H2,2H3;. The Bertz CT molecular complexity index is 144. The molecule has 0 aromatic heterocycles. The maximum absolute atomic E-state index is 3.96. The Morgan fingerprint density at radius 2 is 1.00 bits per heavy atom. The van der Waals surface area contributed by atoms with Gasteiger partial charge in [-0.3, -0.25) is 0 Å². The van der Waals surface area contributed by atoms with Crippen molar-refractivity contribution in [2.45, 2.75) is 20.8 Å². The second-order valence-electron chi connectivity index (χ2n) is 2.54. The Kier molecular flexibility index (Phi) is 4.05. The molecule has 0 aliphatic carbocycles. The third-order valence-electron chi connectivity index (χ3n) is 1.15. The summed E-state index contributed by atoms with van der Waals surface area (Å²) in [4.78, 5) is 0. The van der Waals surface area contributed by atoms with E-state index >= 15 is 0 Å². The molecule has 10 heavy (non-hydrogen) atoms. The zero-order valence-corrected chi connectivity index (χ0v) is 9.62. The number of rotatable bonds is 3. The summed E-state index contributed by atoms with van der Waals surface area (Å²) in [5.41, 5.74) is 0. The zero-order chi connectivity index (χ0) is 8.31. The molecule has 0 N–H and O–H groups in total. The minimum absolute atomic E-state index is 1.31. The van der Waals surface area contributed by atoms with Gasteiger partial charge in [0, 0.05) is 0 Å². The summed E-state index contributed by atoms with van der Waals surface area (Å²) in [6, 6.07) is 0. The number of hydrogen-bond donors (Lipinski definition) is 0. The van der Waals surface area contributed by atoms with Crippen LogP contribution in [0.5, 0.6) is 0 Å². The van der Waals surface area contributed by atoms with Crippen molar-refractivity contribution in [2.24, 2.45) is 0 Å². The van der Waals surface area contributed by atoms with Crippen LogP contribution >= 0.6 is 0 Å². The van der Waals surface area contributed by atoms with Crippen LogP contribution in [0.1, 0.15) is 20.8 Å². The van der Waals surface area contributed by atoms with E-state index in [2.05, 4.69) is 40.5 Å². The average molecular weight is 245 g/mol. The molecule has 56 valence electrons. The quantitative estimate of drug-likeness (QED) is 0.670. The molecule has 0 saturated carbocycles. The van der Waals surface area contributed by atoms with Gasteiger partial charge in [0.05, 0.1) is 0 Å². The first-order chi connectivity index (χ1) is 4.46. The summed E-state index contributed by atoms with van der Waals surface area (Å²) in [5.74, 6) is 0. The molecule has 0 rings (SSSR count). The first kappa shape index (κ1) is 10.0. The van der Waals surface area contributed by atoms with Gasteiger partial charge in [0.15, 0.2) is 0 Å². The molecule has 0 nitrogen and oxygen atoms in total. The van der Waals surface area contributed by atoms with Crippen molar-refractivity contribution in [3.05, 3.63) is 30.3 Å². The van der Waals surface area contributed by atoms with Gasteiger partial charge in [-0.1, -0.05) is 0 Å². The van der Waals surface area contributed by atoms with Gasteiger partial charge in [0.1, 0.15) is 0 Å². The van der Waals surface area contributed by atoms with Gasteiger partial charge < -0.3 is 0 Å². The van der Waals surface area contributed by atoms with Gasteiger partial charge in [0.2, 0.25) is 0 Å². The molecule has 0 aromatic rings. The fourth-order valence-electron chi connectivity index (χ4n) is 0.977. The molecule has 0 aliphatic rings. The van der Waals surface area contributed by atoms with Crippen molar-refractivity contribution in [1.82, 2.24) is 0 Å². The van der Waals surface area contributed by atoms with Gasteiger partial charge in [-0.2, -0.15) is 0 Å². The van der Waals surface area contributed by atoms with Gasteiger partial charge in [-0.15, -0.1) is 0 Å². The number of hydrogen-bond acceptors (Lipinski definition) is 0. The fraction of sp³-hybridized carbons (Fsp3) is 0.333. The monoisotopic (exact) mass is 244 g/mol. The van der Waals surface area contributed by atoms with Crippen LogP contribution in [0.2, 0.25) is 0 Å². The summed E-state index contributed by atoms with van der Waals surface area (Å²) in [6.45, 7) is 18.1. The van der Waals surface area contributed by atoms with Crippen molar-refractivity contribution in [1.29, 1.82) is 0 Å². The molecule has 0 aromatic carbocycles. The zero-order valence-electron chi connectivity index (χ0n) is 7.07. The minimum atomic E-state index is -1.47. The van der Waals surface area contributed by atoms with E-state index in [1.54, 1.807) is 0 Å². The normalized spacial score (nSPS) is 9.60. The average Bonchev–Trinajstić information content (AvgIpc) is 1.59. The van der Waals surface area contributed by atoms with E-state index in [0.29, 0.717) is 0 Å². The molecule has 0 bridgehead atoms. The summed E-state index contributed by atoms with van der Waals surface area (Å²) in [6.07, 6.45) is 0. The van der Waals surface area contributed by atoms with E-state index in [1.165, 1.54) is 10.6 Å². The topological polar surface area (TPSA) is 0 Å². The maximum atomic E-state index is 3.96. The molecular weight excluding hydrogens is 230 g/mol. The van der Waals surface area contributed by atoms with Crippen molar-refractivity contribution < 1.29 is 0 Å². The molecular formula is C9H15Sb. The Morgan fingerprint density at radius 3 is 1.00 bits per heavy atom. The molecule has 0 spiro atoms. The van der Waals surface area contributed by atoms with Crippen molar-refractivity contribution in [3.8, 4) is 0 Å². The van der Waals surface area contributed by atoms with Crippen molar-refractivity contribution in [2.75, 3.05) is 0 Å². The predicted octanol–water partition coefficient (Wildman–Crippen LogP) is 2.83. The fourth-order valence-corrected chi connectivity index (χ4v) is 6.56. The third kappa shape index (κ3) is 2.75. The van der Waals surface area contributed by atoms with Crippen LogP contribution in [0.15, 0.2) is 30.3 Å². The van der Waals surface area contributed by atoms with E-state index < -0.39 is 20.2 Å². The van der Waals surface area contributed by atoms with E-state index in [-0.39, 0.29) is 0 Å². The Morgan fingerprint density at radius 1 is 0.800 bits per heavy atom. The van der Waals surface area contributed by atoms with Crippen LogP contribution in [0.4, 0.5) is 0 Å². The van der Waals surface area contributed by atoms with Gasteiger partial charge in [0.25, 0.3) is 0 Å². The first-order valence-electron chi connectivity index (χ1n) is 3.23. The molecule has 0 amide bonds. The van der Waals surface area contributed by atoms with Gasteiger partial charge >= 0.3 is 71.3 Å². The van der Waals surface area contributed by atoms with E-state index in [4.69, 9.17) is 0 Å². The van der Waals surface area contributed by atoms with Crippen LogP contribution in [-0.2, 0) is 0 Å². The van der Waals surface area contributed by atoms with Gasteiger partial charge in [-0.25, -0.2) is 0 Å². The molecule has 1 heteroatoms. The Labute approximate surface area is 71.3 Å². The van der Waals surface area contributed by atoms with Crippen LogP contribution < -0.4 is 0 Å². The van der Waals surface area contributed by atoms with Gasteiger partial charge in [-0.05, 0) is 0 Å². The molecule has 0 radical (unpaired) electrons. The molecule has 0 fully saturated rings. The van der Waals surface area contributed by atoms with Crippen LogP contribution in [0, 0.1) is 0 Å². The molecule has 0 unspecified atom stereocenters. The Hall–Kier alpha value is 0.0382. The molecule has 0 saturated heterocycles. The predicted molar refractivity (Wildman–Crippen MR) is 50.2 cm³/mol. The SMILES string of the molecule is C=[C](C)[Sb]([C](=C)C)[C](=C)C. The molecule has 0 aliphatic heterocycles. The van der Waals surface area contributed by atoms with E-state index in [0.717, 1.165) is 0 Å². The first-order valence-corrected chi connectivity index (χ1v) is 7.06. The van der Waals surface area contributed by atoms with E-state index in [9.17, 15) is 0 Å². The second kappa shape index (κ2) is 4.03. The second-order valence-corrected chi connectivity index (χ2v) is 11.0. The summed E-state index contributed by atoms with van der Waals surface area (Å²) in [7, 11) is 0. The van der Waals surface area contributed by atoms with Crippen molar-refractivity contribution >= 4 is 20.2 Å². The van der Waals surface area contributed by atoms with Crippen LogP contribution in [-0.4, -0.2) is 20.2 Å². The van der Waals surface area contributed by atoms with Crippen LogP contribution in [0.25, 0.3) is 0 Å². The molecule has 0 heterocycles. The third-order valence-corrected chi connectivity index (χ3v) is 7.68. The molecule has 0 atom stereocenters. The summed E-state index contributed by atoms with van der Waals surface area (Å²) >= 11 is -1.47. The van der Waals surface area contributed by atoms with E-state index in [1.807, 2.05) is 0 Å². The summed E-state index contributed by atoms with van der Waals surface area (Å²) in [5, 5.41) is 0. The Balaban J connectivity index is 4.43.